The summed E-state index contributed by atoms with van der Waals surface area (Å²) in [7, 11) is 0. The summed E-state index contributed by atoms with van der Waals surface area (Å²) in [5.41, 5.74) is 5.98. The molecular formula is C18H20N2S2. The topological polar surface area (TPSA) is 24.7 Å². The number of hydrogen-bond donors (Lipinski definition) is 2. The molecule has 2 rings (SSSR count). The maximum absolute atomic E-state index is 4.54. The Labute approximate surface area is 143 Å². The zero-order chi connectivity index (χ0) is 16.3. The lowest BCUT2D eigenvalue weighted by molar-refractivity contribution is 1.34. The van der Waals surface area contributed by atoms with E-state index in [-0.39, 0.29) is 0 Å². The molecule has 2 aromatic carbocycles. The van der Waals surface area contributed by atoms with Gasteiger partial charge >= 0.3 is 0 Å². The van der Waals surface area contributed by atoms with E-state index >= 15 is 0 Å². The molecular weight excluding hydrogens is 308 g/mol. The Balaban J connectivity index is 2.47. The minimum atomic E-state index is 0.866. The fraction of sp³-hybridized carbons (Fsp3) is 0.222. The van der Waals surface area contributed by atoms with E-state index in [4.69, 9.17) is 0 Å². The van der Waals surface area contributed by atoms with Gasteiger partial charge in [0.25, 0.3) is 0 Å². The fourth-order valence-corrected chi connectivity index (χ4v) is 2.52. The standard InChI is InChI=1S/C18H20N2S2/c1-11(2)19-15-7-5-14(10-18(15)22)13-6-8-17(21)16(9-13)20-12(3)4/h5-10,21-22H,1-4H3. The summed E-state index contributed by atoms with van der Waals surface area (Å²) in [4.78, 5) is 10.7. The third kappa shape index (κ3) is 4.24. The highest BCUT2D eigenvalue weighted by molar-refractivity contribution is 7.80. The second-order valence-electron chi connectivity index (χ2n) is 5.53. The summed E-state index contributed by atoms with van der Waals surface area (Å²) >= 11 is 9.01. The van der Waals surface area contributed by atoms with Crippen molar-refractivity contribution in [2.45, 2.75) is 37.5 Å². The monoisotopic (exact) mass is 328 g/mol. The molecule has 0 unspecified atom stereocenters. The molecule has 0 aliphatic rings. The third-order valence-electron chi connectivity index (χ3n) is 2.97. The van der Waals surface area contributed by atoms with Gasteiger partial charge in [-0.1, -0.05) is 12.1 Å². The summed E-state index contributed by atoms with van der Waals surface area (Å²) < 4.78 is 0. The Bertz CT molecular complexity index is 754. The van der Waals surface area contributed by atoms with Gasteiger partial charge in [-0.3, -0.25) is 9.98 Å². The summed E-state index contributed by atoms with van der Waals surface area (Å²) in [6, 6.07) is 12.1. The van der Waals surface area contributed by atoms with Crippen LogP contribution in [0, 0.1) is 0 Å². The second kappa shape index (κ2) is 7.16. The SMILES string of the molecule is CC(C)=Nc1ccc(-c2ccc(S)c(N=C(C)C)c2)cc1S. The predicted octanol–water partition coefficient (Wildman–Crippen LogP) is 6.16. The van der Waals surface area contributed by atoms with E-state index in [1.54, 1.807) is 0 Å². The maximum Gasteiger partial charge on any atom is 0.0768 e. The molecule has 0 aromatic heterocycles. The first-order valence-electron chi connectivity index (χ1n) is 7.07. The molecule has 0 radical (unpaired) electrons. The zero-order valence-corrected chi connectivity index (χ0v) is 15.0. The van der Waals surface area contributed by atoms with Crippen LogP contribution in [-0.2, 0) is 0 Å². The van der Waals surface area contributed by atoms with Gasteiger partial charge in [0.1, 0.15) is 0 Å². The molecule has 0 bridgehead atoms. The van der Waals surface area contributed by atoms with Crippen LogP contribution in [0.5, 0.6) is 0 Å². The minimum Gasteiger partial charge on any atom is -0.257 e. The molecule has 0 atom stereocenters. The summed E-state index contributed by atoms with van der Waals surface area (Å²) in [5, 5.41) is 0. The van der Waals surface area contributed by atoms with Crippen LogP contribution in [0.15, 0.2) is 56.2 Å². The van der Waals surface area contributed by atoms with E-state index in [1.165, 1.54) is 0 Å². The molecule has 22 heavy (non-hydrogen) atoms. The Morgan fingerprint density at radius 2 is 1.23 bits per heavy atom. The van der Waals surface area contributed by atoms with Gasteiger partial charge in [-0.15, -0.1) is 25.3 Å². The summed E-state index contributed by atoms with van der Waals surface area (Å²) in [6.07, 6.45) is 0. The molecule has 0 saturated carbocycles. The van der Waals surface area contributed by atoms with Gasteiger partial charge in [0.05, 0.1) is 11.4 Å². The van der Waals surface area contributed by atoms with E-state index in [9.17, 15) is 0 Å². The van der Waals surface area contributed by atoms with Crippen LogP contribution in [0.25, 0.3) is 11.1 Å². The van der Waals surface area contributed by atoms with Crippen LogP contribution in [-0.4, -0.2) is 11.4 Å². The Hall–Kier alpha value is -1.52. The van der Waals surface area contributed by atoms with Gasteiger partial charge < -0.3 is 0 Å². The number of nitrogens with zero attached hydrogens (tertiary/aromatic N) is 2. The fourth-order valence-electron chi connectivity index (χ4n) is 2.07. The number of rotatable bonds is 3. The van der Waals surface area contributed by atoms with E-state index < -0.39 is 0 Å². The van der Waals surface area contributed by atoms with Crippen molar-refractivity contribution in [1.29, 1.82) is 0 Å². The van der Waals surface area contributed by atoms with Crippen LogP contribution in [0.1, 0.15) is 27.7 Å². The van der Waals surface area contributed by atoms with Crippen LogP contribution in [0.2, 0.25) is 0 Å². The highest BCUT2D eigenvalue weighted by atomic mass is 32.1. The van der Waals surface area contributed by atoms with Crippen LogP contribution in [0.4, 0.5) is 11.4 Å². The lowest BCUT2D eigenvalue weighted by atomic mass is 10.0. The van der Waals surface area contributed by atoms with Crippen LogP contribution in [0.3, 0.4) is 0 Å². The Morgan fingerprint density at radius 3 is 1.82 bits per heavy atom. The predicted molar refractivity (Wildman–Crippen MR) is 103 cm³/mol. The van der Waals surface area contributed by atoms with Gasteiger partial charge in [0, 0.05) is 21.2 Å². The molecule has 0 fully saturated rings. The quantitative estimate of drug-likeness (QED) is 0.498. The maximum atomic E-state index is 4.54. The molecule has 0 spiro atoms. The van der Waals surface area contributed by atoms with Gasteiger partial charge in [0.2, 0.25) is 0 Å². The Kier molecular flexibility index (Phi) is 5.48. The van der Waals surface area contributed by atoms with Gasteiger partial charge in [-0.25, -0.2) is 0 Å². The first kappa shape index (κ1) is 16.8. The van der Waals surface area contributed by atoms with Crippen molar-refractivity contribution in [2.75, 3.05) is 0 Å². The van der Waals surface area contributed by atoms with Gasteiger partial charge in [-0.05, 0) is 63.1 Å². The van der Waals surface area contributed by atoms with E-state index in [0.29, 0.717) is 0 Å². The molecule has 2 aromatic rings. The zero-order valence-electron chi connectivity index (χ0n) is 13.3. The summed E-state index contributed by atoms with van der Waals surface area (Å²) in [6.45, 7) is 7.91. The lowest BCUT2D eigenvalue weighted by Gasteiger charge is -2.08. The smallest absolute Gasteiger partial charge is 0.0768 e. The van der Waals surface area contributed by atoms with Crippen molar-refractivity contribution >= 4 is 48.1 Å². The molecule has 0 saturated heterocycles. The average molecular weight is 329 g/mol. The van der Waals surface area contributed by atoms with Crippen LogP contribution < -0.4 is 0 Å². The molecule has 0 aliphatic heterocycles. The van der Waals surface area contributed by atoms with Crippen molar-refractivity contribution in [3.63, 3.8) is 0 Å². The number of hydrogen-bond acceptors (Lipinski definition) is 4. The van der Waals surface area contributed by atoms with E-state index in [1.807, 2.05) is 58.0 Å². The van der Waals surface area contributed by atoms with Crippen molar-refractivity contribution < 1.29 is 0 Å². The Morgan fingerprint density at radius 1 is 0.682 bits per heavy atom. The summed E-state index contributed by atoms with van der Waals surface area (Å²) in [5.74, 6) is 0. The van der Waals surface area contributed by atoms with E-state index in [2.05, 4.69) is 41.3 Å². The molecule has 4 heteroatoms. The van der Waals surface area contributed by atoms with Crippen LogP contribution >= 0.6 is 25.3 Å². The molecule has 2 nitrogen and oxygen atoms in total. The van der Waals surface area contributed by atoms with Gasteiger partial charge in [0.15, 0.2) is 0 Å². The molecule has 0 aliphatic carbocycles. The average Bonchev–Trinajstić information content (AvgIpc) is 2.42. The van der Waals surface area contributed by atoms with Gasteiger partial charge in [-0.2, -0.15) is 0 Å². The first-order chi connectivity index (χ1) is 10.4. The molecule has 0 amide bonds. The second-order valence-corrected chi connectivity index (χ2v) is 6.49. The number of aliphatic imine (C=N–C) groups is 2. The van der Waals surface area contributed by atoms with Crippen molar-refractivity contribution in [3.05, 3.63) is 36.4 Å². The molecule has 0 heterocycles. The van der Waals surface area contributed by atoms with Crippen molar-refractivity contribution in [3.8, 4) is 11.1 Å². The van der Waals surface area contributed by atoms with E-state index in [0.717, 1.165) is 43.7 Å². The molecule has 114 valence electrons. The third-order valence-corrected chi connectivity index (χ3v) is 3.71. The van der Waals surface area contributed by atoms with Crippen molar-refractivity contribution in [2.24, 2.45) is 9.98 Å². The highest BCUT2D eigenvalue weighted by Crippen LogP contribution is 2.33. The molecule has 0 N–H and O–H groups in total. The normalized spacial score (nSPS) is 10.3. The number of thiol groups is 2. The number of benzene rings is 2. The first-order valence-corrected chi connectivity index (χ1v) is 7.96. The van der Waals surface area contributed by atoms with Crippen molar-refractivity contribution in [1.82, 2.24) is 0 Å². The highest BCUT2D eigenvalue weighted by Gasteiger charge is 2.05. The minimum absolute atomic E-state index is 0.866. The lowest BCUT2D eigenvalue weighted by Crippen LogP contribution is -1.84. The largest absolute Gasteiger partial charge is 0.257 e.